The maximum absolute atomic E-state index is 11.5. The molecule has 3 N–H and O–H groups in total. The van der Waals surface area contributed by atoms with E-state index in [1.807, 2.05) is 38.1 Å². The molecule has 0 aliphatic carbocycles. The van der Waals surface area contributed by atoms with Crippen LogP contribution in [0, 0.1) is 0 Å². The Hall–Kier alpha value is -1.06. The molecule has 0 aliphatic heterocycles. The fourth-order valence-corrected chi connectivity index (χ4v) is 1.68. The Morgan fingerprint density at radius 2 is 2.19 bits per heavy atom. The summed E-state index contributed by atoms with van der Waals surface area (Å²) in [6, 6.07) is 7.47. The minimum atomic E-state index is -0.433. The Balaban J connectivity index is 2.81. The molecule has 4 heteroatoms. The van der Waals surface area contributed by atoms with Gasteiger partial charge >= 0.3 is 0 Å². The monoisotopic (exact) mass is 240 g/mol. The zero-order chi connectivity index (χ0) is 12.2. The zero-order valence-electron chi connectivity index (χ0n) is 9.59. The quantitative estimate of drug-likeness (QED) is 0.846. The molecule has 0 heterocycles. The number of hydrogen-bond donors (Lipinski definition) is 2. The van der Waals surface area contributed by atoms with Crippen molar-refractivity contribution in [2.75, 3.05) is 6.54 Å². The molecule has 1 aromatic rings. The molecule has 0 spiro atoms. The van der Waals surface area contributed by atoms with Crippen molar-refractivity contribution in [2.24, 2.45) is 5.73 Å². The maximum Gasteiger partial charge on any atom is 0.221 e. The van der Waals surface area contributed by atoms with E-state index in [2.05, 4.69) is 5.32 Å². The van der Waals surface area contributed by atoms with Crippen molar-refractivity contribution in [3.05, 3.63) is 34.9 Å². The van der Waals surface area contributed by atoms with Gasteiger partial charge in [0.25, 0.3) is 0 Å². The first-order valence-corrected chi connectivity index (χ1v) is 5.60. The molecule has 0 radical (unpaired) electrons. The minimum absolute atomic E-state index is 0.0486. The van der Waals surface area contributed by atoms with Gasteiger partial charge in [0, 0.05) is 18.0 Å². The molecule has 88 valence electrons. The SMILES string of the molecule is CC(C)(NC(=O)CCN)c1cccc(Cl)c1. The lowest BCUT2D eigenvalue weighted by Gasteiger charge is -2.27. The Morgan fingerprint density at radius 1 is 1.50 bits per heavy atom. The molecule has 0 saturated heterocycles. The normalized spacial score (nSPS) is 11.2. The van der Waals surface area contributed by atoms with E-state index in [1.54, 1.807) is 0 Å². The number of rotatable bonds is 4. The van der Waals surface area contributed by atoms with Gasteiger partial charge in [-0.15, -0.1) is 0 Å². The van der Waals surface area contributed by atoms with Gasteiger partial charge in [-0.1, -0.05) is 23.7 Å². The van der Waals surface area contributed by atoms with Crippen LogP contribution in [0.25, 0.3) is 0 Å². The van der Waals surface area contributed by atoms with Gasteiger partial charge in [0.2, 0.25) is 5.91 Å². The Labute approximate surface area is 101 Å². The predicted octanol–water partition coefficient (Wildman–Crippen LogP) is 2.04. The van der Waals surface area contributed by atoms with Crippen molar-refractivity contribution in [3.63, 3.8) is 0 Å². The van der Waals surface area contributed by atoms with E-state index in [9.17, 15) is 4.79 Å². The summed E-state index contributed by atoms with van der Waals surface area (Å²) in [4.78, 5) is 11.5. The molecular formula is C12H17ClN2O. The van der Waals surface area contributed by atoms with Gasteiger partial charge < -0.3 is 11.1 Å². The number of benzene rings is 1. The smallest absolute Gasteiger partial charge is 0.221 e. The van der Waals surface area contributed by atoms with E-state index in [0.717, 1.165) is 5.56 Å². The highest BCUT2D eigenvalue weighted by Crippen LogP contribution is 2.22. The summed E-state index contributed by atoms with van der Waals surface area (Å²) in [5.74, 6) is -0.0486. The Morgan fingerprint density at radius 3 is 2.75 bits per heavy atom. The molecule has 1 aromatic carbocycles. The first-order chi connectivity index (χ1) is 7.45. The first-order valence-electron chi connectivity index (χ1n) is 5.23. The van der Waals surface area contributed by atoms with Gasteiger partial charge in [-0.3, -0.25) is 4.79 Å². The number of carbonyl (C=O) groups excluding carboxylic acids is 1. The van der Waals surface area contributed by atoms with Crippen molar-refractivity contribution >= 4 is 17.5 Å². The summed E-state index contributed by atoms with van der Waals surface area (Å²) in [6.45, 7) is 4.23. The third kappa shape index (κ3) is 3.51. The van der Waals surface area contributed by atoms with E-state index in [4.69, 9.17) is 17.3 Å². The molecule has 16 heavy (non-hydrogen) atoms. The molecule has 1 amide bonds. The van der Waals surface area contributed by atoms with Crippen LogP contribution in [0.1, 0.15) is 25.8 Å². The number of halogens is 1. The average Bonchev–Trinajstić information content (AvgIpc) is 2.17. The summed E-state index contributed by atoms with van der Waals surface area (Å²) in [6.07, 6.45) is 0.337. The van der Waals surface area contributed by atoms with Crippen LogP contribution in [0.5, 0.6) is 0 Å². The lowest BCUT2D eigenvalue weighted by atomic mass is 9.94. The molecule has 3 nitrogen and oxygen atoms in total. The molecule has 0 fully saturated rings. The fourth-order valence-electron chi connectivity index (χ4n) is 1.49. The summed E-state index contributed by atoms with van der Waals surface area (Å²) in [7, 11) is 0. The number of amides is 1. The van der Waals surface area contributed by atoms with Gasteiger partial charge in [-0.05, 0) is 31.5 Å². The third-order valence-corrected chi connectivity index (χ3v) is 2.60. The lowest BCUT2D eigenvalue weighted by molar-refractivity contribution is -0.122. The number of hydrogen-bond acceptors (Lipinski definition) is 2. The minimum Gasteiger partial charge on any atom is -0.347 e. The average molecular weight is 241 g/mol. The van der Waals surface area contributed by atoms with E-state index in [0.29, 0.717) is 18.0 Å². The van der Waals surface area contributed by atoms with Crippen LogP contribution < -0.4 is 11.1 Å². The second-order valence-electron chi connectivity index (χ2n) is 4.22. The Kier molecular flexibility index (Phi) is 4.33. The van der Waals surface area contributed by atoms with Gasteiger partial charge in [-0.2, -0.15) is 0 Å². The van der Waals surface area contributed by atoms with Crippen LogP contribution in [0.3, 0.4) is 0 Å². The number of nitrogens with one attached hydrogen (secondary N) is 1. The van der Waals surface area contributed by atoms with Crippen LogP contribution >= 0.6 is 11.6 Å². The van der Waals surface area contributed by atoms with Crippen molar-refractivity contribution in [1.29, 1.82) is 0 Å². The Bertz CT molecular complexity index is 377. The predicted molar refractivity (Wildman–Crippen MR) is 66.3 cm³/mol. The third-order valence-electron chi connectivity index (χ3n) is 2.37. The summed E-state index contributed by atoms with van der Waals surface area (Å²) >= 11 is 5.92. The van der Waals surface area contributed by atoms with Crippen molar-refractivity contribution in [2.45, 2.75) is 25.8 Å². The molecule has 1 rings (SSSR count). The van der Waals surface area contributed by atoms with E-state index >= 15 is 0 Å². The van der Waals surface area contributed by atoms with Gasteiger partial charge in [0.05, 0.1) is 5.54 Å². The maximum atomic E-state index is 11.5. The molecule has 0 aromatic heterocycles. The van der Waals surface area contributed by atoms with E-state index < -0.39 is 5.54 Å². The van der Waals surface area contributed by atoms with Crippen LogP contribution in [-0.4, -0.2) is 12.5 Å². The number of nitrogens with two attached hydrogens (primary N) is 1. The lowest BCUT2D eigenvalue weighted by Crippen LogP contribution is -2.41. The highest BCUT2D eigenvalue weighted by Gasteiger charge is 2.22. The fraction of sp³-hybridized carbons (Fsp3) is 0.417. The van der Waals surface area contributed by atoms with Gasteiger partial charge in [-0.25, -0.2) is 0 Å². The van der Waals surface area contributed by atoms with Crippen LogP contribution in [0.15, 0.2) is 24.3 Å². The van der Waals surface area contributed by atoms with E-state index in [1.165, 1.54) is 0 Å². The standard InChI is InChI=1S/C12H17ClN2O/c1-12(2,15-11(16)6-7-14)9-4-3-5-10(13)8-9/h3-5,8H,6-7,14H2,1-2H3,(H,15,16). The number of carbonyl (C=O) groups is 1. The van der Waals surface area contributed by atoms with Crippen molar-refractivity contribution in [3.8, 4) is 0 Å². The summed E-state index contributed by atoms with van der Waals surface area (Å²) in [5.41, 5.74) is 5.87. The van der Waals surface area contributed by atoms with Gasteiger partial charge in [0.1, 0.15) is 0 Å². The first kappa shape index (κ1) is 13.0. The van der Waals surface area contributed by atoms with Crippen molar-refractivity contribution in [1.82, 2.24) is 5.32 Å². The second kappa shape index (κ2) is 5.32. The van der Waals surface area contributed by atoms with Crippen LogP contribution in [0.4, 0.5) is 0 Å². The largest absolute Gasteiger partial charge is 0.347 e. The van der Waals surface area contributed by atoms with Gasteiger partial charge in [0.15, 0.2) is 0 Å². The highest BCUT2D eigenvalue weighted by atomic mass is 35.5. The second-order valence-corrected chi connectivity index (χ2v) is 4.66. The molecule has 0 bridgehead atoms. The molecule has 0 saturated carbocycles. The molecule has 0 atom stereocenters. The molecule has 0 aliphatic rings. The van der Waals surface area contributed by atoms with Crippen LogP contribution in [-0.2, 0) is 10.3 Å². The topological polar surface area (TPSA) is 55.1 Å². The summed E-state index contributed by atoms with van der Waals surface area (Å²) < 4.78 is 0. The van der Waals surface area contributed by atoms with Crippen LogP contribution in [0.2, 0.25) is 5.02 Å². The molecular weight excluding hydrogens is 224 g/mol. The van der Waals surface area contributed by atoms with Crippen molar-refractivity contribution < 1.29 is 4.79 Å². The van der Waals surface area contributed by atoms with E-state index in [-0.39, 0.29) is 5.91 Å². The molecule has 0 unspecified atom stereocenters. The highest BCUT2D eigenvalue weighted by molar-refractivity contribution is 6.30. The zero-order valence-corrected chi connectivity index (χ0v) is 10.3. The summed E-state index contributed by atoms with van der Waals surface area (Å²) in [5, 5.41) is 3.59.